The maximum Gasteiger partial charge on any atom is 0.248 e. The predicted octanol–water partition coefficient (Wildman–Crippen LogP) is 4.67. The summed E-state index contributed by atoms with van der Waals surface area (Å²) in [7, 11) is 0. The van der Waals surface area contributed by atoms with Crippen LogP contribution in [0.3, 0.4) is 0 Å². The molecule has 0 aromatic heterocycles. The van der Waals surface area contributed by atoms with Gasteiger partial charge in [-0.3, -0.25) is 9.59 Å². The molecule has 146 valence electrons. The molecule has 4 N–H and O–H groups in total. The van der Waals surface area contributed by atoms with E-state index >= 15 is 0 Å². The van der Waals surface area contributed by atoms with E-state index in [0.717, 1.165) is 50.5 Å². The molecule has 1 unspecified atom stereocenters. The van der Waals surface area contributed by atoms with Crippen molar-refractivity contribution in [2.45, 2.75) is 96.8 Å². The number of carbonyl (C=O) groups excluding carboxylic acids is 2. The molecule has 2 fully saturated rings. The van der Waals surface area contributed by atoms with Crippen LogP contribution in [0.5, 0.6) is 0 Å². The Kier molecular flexibility index (Phi) is 8.40. The molecule has 4 nitrogen and oxygen atoms in total. The van der Waals surface area contributed by atoms with Gasteiger partial charge in [0.15, 0.2) is 0 Å². The summed E-state index contributed by atoms with van der Waals surface area (Å²) in [5, 5.41) is 0. The lowest BCUT2D eigenvalue weighted by molar-refractivity contribution is -0.118. The van der Waals surface area contributed by atoms with Crippen LogP contribution in [0, 0.1) is 5.92 Å². The molecule has 0 radical (unpaired) electrons. The number of primary amides is 2. The van der Waals surface area contributed by atoms with Crippen molar-refractivity contribution in [2.75, 3.05) is 0 Å². The summed E-state index contributed by atoms with van der Waals surface area (Å²) in [5.41, 5.74) is 16.0. The summed E-state index contributed by atoms with van der Waals surface area (Å²) in [6.45, 7) is 2.23. The molecule has 2 rings (SSSR count). The second-order valence-electron chi connectivity index (χ2n) is 8.09. The molecule has 1 atom stereocenters. The third kappa shape index (κ3) is 6.00. The van der Waals surface area contributed by atoms with Gasteiger partial charge in [-0.25, -0.2) is 0 Å². The van der Waals surface area contributed by atoms with Crippen LogP contribution in [0.4, 0.5) is 0 Å². The Bertz CT molecular complexity index is 559. The molecule has 2 aliphatic carbocycles. The Morgan fingerprint density at radius 3 is 1.88 bits per heavy atom. The Labute approximate surface area is 158 Å². The molecule has 0 aliphatic heterocycles. The molecule has 0 aromatic rings. The number of nitrogens with two attached hydrogens (primary N) is 2. The molecule has 0 saturated heterocycles. The van der Waals surface area contributed by atoms with E-state index in [1.54, 1.807) is 0 Å². The number of allylic oxidation sites excluding steroid dienone is 2. The summed E-state index contributed by atoms with van der Waals surface area (Å²) in [6, 6.07) is 0. The van der Waals surface area contributed by atoms with Crippen LogP contribution in [0.2, 0.25) is 0 Å². The third-order valence-corrected chi connectivity index (χ3v) is 5.97. The van der Waals surface area contributed by atoms with Gasteiger partial charge in [0.25, 0.3) is 0 Å². The van der Waals surface area contributed by atoms with Crippen molar-refractivity contribution in [2.24, 2.45) is 17.4 Å². The first-order chi connectivity index (χ1) is 12.5. The highest BCUT2D eigenvalue weighted by atomic mass is 16.1. The molecule has 26 heavy (non-hydrogen) atoms. The van der Waals surface area contributed by atoms with E-state index < -0.39 is 0 Å². The van der Waals surface area contributed by atoms with E-state index in [4.69, 9.17) is 11.5 Å². The van der Waals surface area contributed by atoms with Gasteiger partial charge in [-0.1, -0.05) is 37.3 Å². The van der Waals surface area contributed by atoms with Gasteiger partial charge in [-0.15, -0.1) is 0 Å². The van der Waals surface area contributed by atoms with Gasteiger partial charge in [0.05, 0.1) is 0 Å². The summed E-state index contributed by atoms with van der Waals surface area (Å²) >= 11 is 0. The Morgan fingerprint density at radius 1 is 0.846 bits per heavy atom. The molecule has 0 aromatic carbocycles. The van der Waals surface area contributed by atoms with Gasteiger partial charge in [-0.2, -0.15) is 0 Å². The minimum Gasteiger partial charge on any atom is -0.370 e. The molecule has 2 amide bonds. The van der Waals surface area contributed by atoms with Crippen molar-refractivity contribution in [3.63, 3.8) is 0 Å². The lowest BCUT2D eigenvalue weighted by Crippen LogP contribution is -2.23. The Hall–Kier alpha value is -1.58. The second kappa shape index (κ2) is 10.5. The molecule has 0 bridgehead atoms. The van der Waals surface area contributed by atoms with Crippen LogP contribution in [0.1, 0.15) is 96.8 Å². The van der Waals surface area contributed by atoms with Crippen LogP contribution < -0.4 is 11.5 Å². The zero-order valence-corrected chi connectivity index (χ0v) is 16.4. The van der Waals surface area contributed by atoms with Crippen LogP contribution in [0.15, 0.2) is 22.3 Å². The number of rotatable bonds is 8. The molecule has 4 heteroatoms. The predicted molar refractivity (Wildman–Crippen MR) is 106 cm³/mol. The number of hydrogen-bond donors (Lipinski definition) is 2. The van der Waals surface area contributed by atoms with Gasteiger partial charge in [0.1, 0.15) is 0 Å². The molecule has 2 saturated carbocycles. The van der Waals surface area contributed by atoms with Crippen molar-refractivity contribution in [3.05, 3.63) is 22.3 Å². The quantitative estimate of drug-likeness (QED) is 0.486. The fourth-order valence-corrected chi connectivity index (χ4v) is 4.64. The van der Waals surface area contributed by atoms with E-state index in [9.17, 15) is 9.59 Å². The zero-order chi connectivity index (χ0) is 18.9. The standard InChI is InChI=1S/C22H36N2O2/c1-16(10-8-9-15-19(23)25)20(17-11-4-2-5-12-17)21(22(24)26)18-13-6-3-7-14-18/h16H,2-15H2,1H3,(H2,23,25)(H2,24,26). The Balaban J connectivity index is 2.27. The lowest BCUT2D eigenvalue weighted by Gasteiger charge is -2.28. The highest BCUT2D eigenvalue weighted by Gasteiger charge is 2.26. The first-order valence-electron chi connectivity index (χ1n) is 10.5. The van der Waals surface area contributed by atoms with Gasteiger partial charge >= 0.3 is 0 Å². The van der Waals surface area contributed by atoms with E-state index in [1.807, 2.05) is 0 Å². The highest BCUT2D eigenvalue weighted by Crippen LogP contribution is 2.38. The van der Waals surface area contributed by atoms with Crippen LogP contribution >= 0.6 is 0 Å². The largest absolute Gasteiger partial charge is 0.370 e. The van der Waals surface area contributed by atoms with Crippen LogP contribution in [-0.4, -0.2) is 11.8 Å². The first-order valence-corrected chi connectivity index (χ1v) is 10.5. The van der Waals surface area contributed by atoms with E-state index in [0.29, 0.717) is 12.3 Å². The fourth-order valence-electron chi connectivity index (χ4n) is 4.64. The molecule has 2 aliphatic rings. The second-order valence-corrected chi connectivity index (χ2v) is 8.09. The number of unbranched alkanes of at least 4 members (excludes halogenated alkanes) is 1. The lowest BCUT2D eigenvalue weighted by atomic mass is 9.77. The number of hydrogen-bond acceptors (Lipinski definition) is 2. The van der Waals surface area contributed by atoms with Crippen molar-refractivity contribution < 1.29 is 9.59 Å². The van der Waals surface area contributed by atoms with Crippen molar-refractivity contribution in [1.82, 2.24) is 0 Å². The molecule has 0 spiro atoms. The fraction of sp³-hybridized carbons (Fsp3) is 0.727. The van der Waals surface area contributed by atoms with Gasteiger partial charge in [0, 0.05) is 12.0 Å². The minimum absolute atomic E-state index is 0.231. The average molecular weight is 361 g/mol. The van der Waals surface area contributed by atoms with Crippen molar-refractivity contribution >= 4 is 11.8 Å². The smallest absolute Gasteiger partial charge is 0.248 e. The SMILES string of the molecule is CC(CCCCC(N)=O)C(=C1CCCCC1)C(C(N)=O)=C1CCCCC1. The Morgan fingerprint density at radius 2 is 1.38 bits per heavy atom. The minimum atomic E-state index is -0.237. The summed E-state index contributed by atoms with van der Waals surface area (Å²) in [5.74, 6) is -0.155. The number of carbonyl (C=O) groups is 2. The first kappa shape index (κ1) is 20.7. The maximum absolute atomic E-state index is 12.5. The van der Waals surface area contributed by atoms with Crippen molar-refractivity contribution in [3.8, 4) is 0 Å². The van der Waals surface area contributed by atoms with E-state index in [2.05, 4.69) is 6.92 Å². The molecular formula is C22H36N2O2. The average Bonchev–Trinajstić information content (AvgIpc) is 2.64. The maximum atomic E-state index is 12.5. The van der Waals surface area contributed by atoms with E-state index in [-0.39, 0.29) is 11.8 Å². The zero-order valence-electron chi connectivity index (χ0n) is 16.4. The monoisotopic (exact) mass is 360 g/mol. The van der Waals surface area contributed by atoms with Gasteiger partial charge in [0.2, 0.25) is 11.8 Å². The normalized spacial score (nSPS) is 19.1. The molecule has 0 heterocycles. The van der Waals surface area contributed by atoms with Crippen molar-refractivity contribution in [1.29, 1.82) is 0 Å². The van der Waals surface area contributed by atoms with Crippen LogP contribution in [0.25, 0.3) is 0 Å². The van der Waals surface area contributed by atoms with Gasteiger partial charge < -0.3 is 11.5 Å². The van der Waals surface area contributed by atoms with Crippen LogP contribution in [-0.2, 0) is 9.59 Å². The molecular weight excluding hydrogens is 324 g/mol. The summed E-state index contributed by atoms with van der Waals surface area (Å²) < 4.78 is 0. The third-order valence-electron chi connectivity index (χ3n) is 5.97. The van der Waals surface area contributed by atoms with E-state index in [1.165, 1.54) is 55.2 Å². The number of amides is 2. The summed E-state index contributed by atoms with van der Waals surface area (Å²) in [4.78, 5) is 23.4. The van der Waals surface area contributed by atoms with Gasteiger partial charge in [-0.05, 0) is 75.7 Å². The summed E-state index contributed by atoms with van der Waals surface area (Å²) in [6.07, 6.45) is 14.8. The topological polar surface area (TPSA) is 86.2 Å². The highest BCUT2D eigenvalue weighted by molar-refractivity contribution is 5.97.